The summed E-state index contributed by atoms with van der Waals surface area (Å²) < 4.78 is 27.7. The van der Waals surface area contributed by atoms with E-state index < -0.39 is 14.9 Å². The van der Waals surface area contributed by atoms with E-state index in [1.54, 1.807) is 26.0 Å². The van der Waals surface area contributed by atoms with E-state index in [9.17, 15) is 18.5 Å². The molecule has 0 spiro atoms. The molecule has 0 saturated carbocycles. The fourth-order valence-corrected chi connectivity index (χ4v) is 4.61. The number of nitro benzene ring substituents is 1. The fourth-order valence-electron chi connectivity index (χ4n) is 2.80. The Morgan fingerprint density at radius 1 is 1.21 bits per heavy atom. The lowest BCUT2D eigenvalue weighted by molar-refractivity contribution is -0.385. The molecule has 1 aliphatic heterocycles. The summed E-state index contributed by atoms with van der Waals surface area (Å²) >= 11 is 0. The third-order valence-electron chi connectivity index (χ3n) is 4.19. The second-order valence-corrected chi connectivity index (χ2v) is 7.49. The highest BCUT2D eigenvalue weighted by Gasteiger charge is 2.31. The Morgan fingerprint density at radius 3 is 2.62 bits per heavy atom. The molecule has 0 aromatic heterocycles. The summed E-state index contributed by atoms with van der Waals surface area (Å²) in [5.41, 5.74) is 2.15. The molecule has 0 fully saturated rings. The van der Waals surface area contributed by atoms with Crippen LogP contribution in [0, 0.1) is 24.0 Å². The van der Waals surface area contributed by atoms with E-state index in [-0.39, 0.29) is 17.1 Å². The predicted molar refractivity (Wildman–Crippen MR) is 92.0 cm³/mol. The Morgan fingerprint density at radius 2 is 1.92 bits per heavy atom. The van der Waals surface area contributed by atoms with Crippen LogP contribution in [0.3, 0.4) is 0 Å². The highest BCUT2D eigenvalue weighted by molar-refractivity contribution is 7.93. The van der Waals surface area contributed by atoms with Crippen LogP contribution in [0.2, 0.25) is 0 Å². The van der Waals surface area contributed by atoms with Crippen molar-refractivity contribution in [3.63, 3.8) is 0 Å². The van der Waals surface area contributed by atoms with Crippen molar-refractivity contribution in [1.82, 2.24) is 0 Å². The Bertz CT molecular complexity index is 925. The summed E-state index contributed by atoms with van der Waals surface area (Å²) in [6, 6.07) is 9.65. The molecular weight excluding hydrogens is 330 g/mol. The molecule has 3 rings (SSSR count). The standard InChI is InChI=1S/C16H17N3O4S/c1-11-9-13(19(20)21)10-16(12(11)2)24(22,23)18-8-7-17-14-5-3-4-6-15(14)18/h3-6,9-10,17H,7-8H2,1-2H3. The van der Waals surface area contributed by atoms with Crippen LogP contribution in [-0.2, 0) is 10.0 Å². The van der Waals surface area contributed by atoms with Crippen LogP contribution >= 0.6 is 0 Å². The van der Waals surface area contributed by atoms with Crippen molar-refractivity contribution in [3.05, 3.63) is 57.6 Å². The number of para-hydroxylation sites is 2. The average Bonchev–Trinajstić information content (AvgIpc) is 2.56. The molecule has 0 saturated heterocycles. The third kappa shape index (κ3) is 2.58. The SMILES string of the molecule is Cc1cc([N+](=O)[O-])cc(S(=O)(=O)N2CCNc3ccccc32)c1C. The lowest BCUT2D eigenvalue weighted by Crippen LogP contribution is -2.39. The number of hydrogen-bond donors (Lipinski definition) is 1. The topological polar surface area (TPSA) is 92.5 Å². The van der Waals surface area contributed by atoms with E-state index in [1.807, 2.05) is 12.1 Å². The number of non-ortho nitro benzene ring substituents is 1. The van der Waals surface area contributed by atoms with Gasteiger partial charge in [0.25, 0.3) is 15.7 Å². The molecule has 126 valence electrons. The summed E-state index contributed by atoms with van der Waals surface area (Å²) in [5.74, 6) is 0. The van der Waals surface area contributed by atoms with Crippen molar-refractivity contribution in [1.29, 1.82) is 0 Å². The highest BCUT2D eigenvalue weighted by Crippen LogP contribution is 2.35. The van der Waals surface area contributed by atoms with Gasteiger partial charge >= 0.3 is 0 Å². The first-order valence-corrected chi connectivity index (χ1v) is 8.87. The smallest absolute Gasteiger partial charge is 0.271 e. The van der Waals surface area contributed by atoms with E-state index in [2.05, 4.69) is 5.32 Å². The number of nitrogens with zero attached hydrogens (tertiary/aromatic N) is 2. The fraction of sp³-hybridized carbons (Fsp3) is 0.250. The molecule has 0 atom stereocenters. The zero-order valence-electron chi connectivity index (χ0n) is 13.3. The summed E-state index contributed by atoms with van der Waals surface area (Å²) in [4.78, 5) is 10.5. The molecular formula is C16H17N3O4S. The Balaban J connectivity index is 2.18. The zero-order chi connectivity index (χ0) is 17.5. The zero-order valence-corrected chi connectivity index (χ0v) is 14.1. The van der Waals surface area contributed by atoms with Gasteiger partial charge in [-0.3, -0.25) is 14.4 Å². The summed E-state index contributed by atoms with van der Waals surface area (Å²) in [5, 5.41) is 14.3. The molecule has 0 unspecified atom stereocenters. The van der Waals surface area contributed by atoms with Crippen LogP contribution in [-0.4, -0.2) is 26.4 Å². The third-order valence-corrected chi connectivity index (χ3v) is 6.13. The first kappa shape index (κ1) is 16.3. The molecule has 24 heavy (non-hydrogen) atoms. The molecule has 1 heterocycles. The van der Waals surface area contributed by atoms with E-state index >= 15 is 0 Å². The van der Waals surface area contributed by atoms with Gasteiger partial charge in [0.2, 0.25) is 0 Å². The van der Waals surface area contributed by atoms with Crippen molar-refractivity contribution in [2.24, 2.45) is 0 Å². The Kier molecular flexibility index (Phi) is 3.92. The van der Waals surface area contributed by atoms with Crippen molar-refractivity contribution in [3.8, 4) is 0 Å². The van der Waals surface area contributed by atoms with Crippen LogP contribution in [0.15, 0.2) is 41.3 Å². The van der Waals surface area contributed by atoms with Gasteiger partial charge in [0.15, 0.2) is 0 Å². The lowest BCUT2D eigenvalue weighted by atomic mass is 10.1. The maximum Gasteiger partial charge on any atom is 0.271 e. The molecule has 1 aliphatic rings. The maximum absolute atomic E-state index is 13.2. The number of nitrogens with one attached hydrogen (secondary N) is 1. The minimum Gasteiger partial charge on any atom is -0.382 e. The maximum atomic E-state index is 13.2. The number of rotatable bonds is 3. The van der Waals surface area contributed by atoms with E-state index in [4.69, 9.17) is 0 Å². The van der Waals surface area contributed by atoms with Crippen molar-refractivity contribution in [2.45, 2.75) is 18.7 Å². The first-order chi connectivity index (χ1) is 11.3. The number of anilines is 2. The van der Waals surface area contributed by atoms with Gasteiger partial charge in [0.1, 0.15) is 0 Å². The molecule has 8 heteroatoms. The number of aryl methyl sites for hydroxylation is 1. The van der Waals surface area contributed by atoms with Crippen molar-refractivity contribution in [2.75, 3.05) is 22.7 Å². The van der Waals surface area contributed by atoms with E-state index in [1.165, 1.54) is 10.4 Å². The van der Waals surface area contributed by atoms with Crippen LogP contribution in [0.5, 0.6) is 0 Å². The lowest BCUT2D eigenvalue weighted by Gasteiger charge is -2.31. The Hall–Kier alpha value is -2.61. The molecule has 1 N–H and O–H groups in total. The molecule has 2 aromatic carbocycles. The number of benzene rings is 2. The van der Waals surface area contributed by atoms with E-state index in [0.717, 1.165) is 11.8 Å². The van der Waals surface area contributed by atoms with Gasteiger partial charge in [-0.15, -0.1) is 0 Å². The second-order valence-electron chi connectivity index (χ2n) is 5.66. The van der Waals surface area contributed by atoms with Gasteiger partial charge in [-0.1, -0.05) is 12.1 Å². The predicted octanol–water partition coefficient (Wildman–Crippen LogP) is 2.83. The minimum absolute atomic E-state index is 0.0223. The van der Waals surface area contributed by atoms with Crippen molar-refractivity contribution >= 4 is 27.1 Å². The Labute approximate surface area is 140 Å². The quantitative estimate of drug-likeness (QED) is 0.681. The van der Waals surface area contributed by atoms with Gasteiger partial charge in [-0.2, -0.15) is 0 Å². The van der Waals surface area contributed by atoms with Crippen molar-refractivity contribution < 1.29 is 13.3 Å². The van der Waals surface area contributed by atoms with Crippen LogP contribution in [0.25, 0.3) is 0 Å². The average molecular weight is 347 g/mol. The normalized spacial score (nSPS) is 14.0. The molecule has 0 aliphatic carbocycles. The van der Waals surface area contributed by atoms with Crippen LogP contribution < -0.4 is 9.62 Å². The number of fused-ring (bicyclic) bond motifs is 1. The second kappa shape index (κ2) is 5.79. The highest BCUT2D eigenvalue weighted by atomic mass is 32.2. The van der Waals surface area contributed by atoms with E-state index in [0.29, 0.717) is 23.4 Å². The number of nitro groups is 1. The largest absolute Gasteiger partial charge is 0.382 e. The molecule has 0 amide bonds. The summed E-state index contributed by atoms with van der Waals surface area (Å²) in [7, 11) is -3.90. The number of sulfonamides is 1. The molecule has 2 aromatic rings. The first-order valence-electron chi connectivity index (χ1n) is 7.43. The van der Waals surface area contributed by atoms with Crippen LogP contribution in [0.4, 0.5) is 17.1 Å². The van der Waals surface area contributed by atoms with Gasteiger partial charge in [-0.25, -0.2) is 8.42 Å². The summed E-state index contributed by atoms with van der Waals surface area (Å²) in [6.45, 7) is 4.08. The van der Waals surface area contributed by atoms with Gasteiger partial charge in [-0.05, 0) is 37.1 Å². The monoisotopic (exact) mass is 347 g/mol. The molecule has 0 bridgehead atoms. The molecule has 0 radical (unpaired) electrons. The van der Waals surface area contributed by atoms with Gasteiger partial charge < -0.3 is 5.32 Å². The molecule has 7 nitrogen and oxygen atoms in total. The number of hydrogen-bond acceptors (Lipinski definition) is 5. The summed E-state index contributed by atoms with van der Waals surface area (Å²) in [6.07, 6.45) is 0. The van der Waals surface area contributed by atoms with Crippen LogP contribution in [0.1, 0.15) is 11.1 Å². The minimum atomic E-state index is -3.90. The van der Waals surface area contributed by atoms with Gasteiger partial charge in [0, 0.05) is 18.7 Å². The van der Waals surface area contributed by atoms with Gasteiger partial charge in [0.05, 0.1) is 27.7 Å².